The van der Waals surface area contributed by atoms with Crippen molar-refractivity contribution in [2.75, 3.05) is 0 Å². The Morgan fingerprint density at radius 2 is 1.72 bits per heavy atom. The van der Waals surface area contributed by atoms with Gasteiger partial charge in [0.25, 0.3) is 5.91 Å². The molecule has 0 bridgehead atoms. The van der Waals surface area contributed by atoms with Crippen molar-refractivity contribution in [1.82, 2.24) is 10.3 Å². The number of oxazole rings is 1. The topological polar surface area (TPSA) is 64.4 Å². The lowest BCUT2D eigenvalue weighted by molar-refractivity contribution is 0.0951. The van der Waals surface area contributed by atoms with Gasteiger partial charge in [0.05, 0.1) is 0 Å². The Hall–Kier alpha value is -3.57. The summed E-state index contributed by atoms with van der Waals surface area (Å²) in [7, 11) is 0. The normalized spacial score (nSPS) is 10.7. The highest BCUT2D eigenvalue weighted by atomic mass is 35.5. The second-order valence-corrected chi connectivity index (χ2v) is 7.88. The van der Waals surface area contributed by atoms with Gasteiger partial charge < -0.3 is 14.5 Å². The number of hydrogen-bond donors (Lipinski definition) is 1. The van der Waals surface area contributed by atoms with E-state index in [1.807, 2.05) is 68.4 Å². The Kier molecular flexibility index (Phi) is 6.57. The Bertz CT molecular complexity index is 1210. The third-order valence-electron chi connectivity index (χ3n) is 5.08. The van der Waals surface area contributed by atoms with Crippen LogP contribution in [0.5, 0.6) is 5.75 Å². The maximum Gasteiger partial charge on any atom is 0.251 e. The molecule has 0 aliphatic rings. The minimum Gasteiger partial charge on any atom is -0.487 e. The van der Waals surface area contributed by atoms with Crippen LogP contribution in [-0.4, -0.2) is 10.9 Å². The Morgan fingerprint density at radius 1 is 1.00 bits per heavy atom. The number of nitrogens with zero attached hydrogens (tertiary/aromatic N) is 1. The molecule has 4 rings (SSSR count). The fourth-order valence-corrected chi connectivity index (χ4v) is 3.36. The fraction of sp³-hybridized carbons (Fsp3) is 0.154. The van der Waals surface area contributed by atoms with Crippen LogP contribution < -0.4 is 10.1 Å². The first-order valence-electron chi connectivity index (χ1n) is 10.3. The van der Waals surface area contributed by atoms with Crippen LogP contribution in [0, 0.1) is 13.8 Å². The summed E-state index contributed by atoms with van der Waals surface area (Å²) >= 11 is 6.14. The first-order chi connectivity index (χ1) is 15.5. The summed E-state index contributed by atoms with van der Waals surface area (Å²) in [5.74, 6) is 1.81. The Morgan fingerprint density at radius 3 is 2.44 bits per heavy atom. The zero-order valence-corrected chi connectivity index (χ0v) is 18.6. The maximum absolute atomic E-state index is 12.5. The third kappa shape index (κ3) is 5.18. The molecule has 0 saturated carbocycles. The molecule has 0 radical (unpaired) electrons. The van der Waals surface area contributed by atoms with Gasteiger partial charge in [-0.25, -0.2) is 4.98 Å². The standard InChI is InChI=1S/C26H23ClN2O3/c1-17-7-13-22(14-8-17)31-16-24-18(2)32-26(29-24)20-11-9-19(10-12-20)25(30)28-15-21-5-3-4-6-23(21)27/h3-14H,15-16H2,1-2H3,(H,28,30). The predicted octanol–water partition coefficient (Wildman–Crippen LogP) is 6.12. The molecule has 0 fully saturated rings. The van der Waals surface area contributed by atoms with Gasteiger partial charge in [-0.15, -0.1) is 0 Å². The number of carbonyl (C=O) groups excluding carboxylic acids is 1. The highest BCUT2D eigenvalue weighted by Gasteiger charge is 2.13. The van der Waals surface area contributed by atoms with E-state index < -0.39 is 0 Å². The fourth-order valence-electron chi connectivity index (χ4n) is 3.16. The van der Waals surface area contributed by atoms with E-state index in [0.717, 1.165) is 22.6 Å². The number of halogens is 1. The van der Waals surface area contributed by atoms with Crippen LogP contribution in [0.15, 0.2) is 77.2 Å². The zero-order chi connectivity index (χ0) is 22.5. The van der Waals surface area contributed by atoms with E-state index in [1.165, 1.54) is 5.56 Å². The van der Waals surface area contributed by atoms with Crippen LogP contribution in [-0.2, 0) is 13.2 Å². The lowest BCUT2D eigenvalue weighted by Gasteiger charge is -2.07. The van der Waals surface area contributed by atoms with E-state index >= 15 is 0 Å². The molecule has 0 aliphatic carbocycles. The van der Waals surface area contributed by atoms with Crippen LogP contribution in [0.2, 0.25) is 5.02 Å². The van der Waals surface area contributed by atoms with Crippen LogP contribution in [0.3, 0.4) is 0 Å². The van der Waals surface area contributed by atoms with E-state index in [-0.39, 0.29) is 5.91 Å². The van der Waals surface area contributed by atoms with Crippen molar-refractivity contribution < 1.29 is 13.9 Å². The molecule has 0 atom stereocenters. The Labute approximate surface area is 192 Å². The minimum absolute atomic E-state index is 0.174. The average molecular weight is 447 g/mol. The largest absolute Gasteiger partial charge is 0.487 e. The average Bonchev–Trinajstić information content (AvgIpc) is 3.18. The molecule has 1 aromatic heterocycles. The number of hydrogen-bond acceptors (Lipinski definition) is 4. The molecule has 1 amide bonds. The van der Waals surface area contributed by atoms with Gasteiger partial charge in [0.1, 0.15) is 23.8 Å². The molecule has 0 saturated heterocycles. The smallest absolute Gasteiger partial charge is 0.251 e. The van der Waals surface area contributed by atoms with Gasteiger partial charge in [0, 0.05) is 22.7 Å². The highest BCUT2D eigenvalue weighted by Crippen LogP contribution is 2.24. The number of aromatic nitrogens is 1. The number of nitrogens with one attached hydrogen (secondary N) is 1. The van der Waals surface area contributed by atoms with Crippen LogP contribution in [0.25, 0.3) is 11.5 Å². The van der Waals surface area contributed by atoms with E-state index in [2.05, 4.69) is 10.3 Å². The van der Waals surface area contributed by atoms with Crippen molar-refractivity contribution in [1.29, 1.82) is 0 Å². The van der Waals surface area contributed by atoms with Crippen LogP contribution in [0.1, 0.15) is 32.9 Å². The summed E-state index contributed by atoms with van der Waals surface area (Å²) in [6, 6.07) is 22.4. The lowest BCUT2D eigenvalue weighted by atomic mass is 10.1. The van der Waals surface area contributed by atoms with Gasteiger partial charge >= 0.3 is 0 Å². The maximum atomic E-state index is 12.5. The number of aryl methyl sites for hydroxylation is 2. The second kappa shape index (κ2) is 9.71. The summed E-state index contributed by atoms with van der Waals surface area (Å²) in [6.07, 6.45) is 0. The molecule has 5 nitrogen and oxygen atoms in total. The van der Waals surface area contributed by atoms with Crippen molar-refractivity contribution in [3.8, 4) is 17.2 Å². The molecule has 162 valence electrons. The first kappa shape index (κ1) is 21.7. The van der Waals surface area contributed by atoms with Crippen LogP contribution >= 0.6 is 11.6 Å². The molecule has 1 heterocycles. The molecule has 0 spiro atoms. The van der Waals surface area contributed by atoms with E-state index in [0.29, 0.717) is 35.4 Å². The number of benzene rings is 3. The second-order valence-electron chi connectivity index (χ2n) is 7.48. The van der Waals surface area contributed by atoms with Crippen molar-refractivity contribution in [3.63, 3.8) is 0 Å². The van der Waals surface area contributed by atoms with E-state index in [9.17, 15) is 4.79 Å². The number of carbonyl (C=O) groups is 1. The summed E-state index contributed by atoms with van der Waals surface area (Å²) in [5.41, 5.74) is 4.12. The van der Waals surface area contributed by atoms with E-state index in [1.54, 1.807) is 18.2 Å². The third-order valence-corrected chi connectivity index (χ3v) is 5.45. The SMILES string of the molecule is Cc1ccc(OCc2nc(-c3ccc(C(=O)NCc4ccccc4Cl)cc3)oc2C)cc1. The van der Waals surface area contributed by atoms with Crippen molar-refractivity contribution in [3.05, 3.63) is 106 Å². The highest BCUT2D eigenvalue weighted by molar-refractivity contribution is 6.31. The molecule has 0 aliphatic heterocycles. The number of ether oxygens (including phenoxy) is 1. The predicted molar refractivity (Wildman–Crippen MR) is 125 cm³/mol. The van der Waals surface area contributed by atoms with Gasteiger partial charge in [-0.05, 0) is 61.9 Å². The molecular weight excluding hydrogens is 424 g/mol. The van der Waals surface area contributed by atoms with Gasteiger partial charge in [0.2, 0.25) is 5.89 Å². The van der Waals surface area contributed by atoms with Gasteiger partial charge in [0.15, 0.2) is 0 Å². The zero-order valence-electron chi connectivity index (χ0n) is 17.9. The molecule has 6 heteroatoms. The summed E-state index contributed by atoms with van der Waals surface area (Å²) < 4.78 is 11.6. The summed E-state index contributed by atoms with van der Waals surface area (Å²) in [6.45, 7) is 4.58. The van der Waals surface area contributed by atoms with Gasteiger partial charge in [-0.2, -0.15) is 0 Å². The number of amides is 1. The molecule has 32 heavy (non-hydrogen) atoms. The first-order valence-corrected chi connectivity index (χ1v) is 10.7. The number of rotatable bonds is 7. The van der Waals surface area contributed by atoms with Crippen molar-refractivity contribution in [2.24, 2.45) is 0 Å². The van der Waals surface area contributed by atoms with Crippen molar-refractivity contribution >= 4 is 17.5 Å². The molecule has 4 aromatic rings. The molecule has 0 unspecified atom stereocenters. The summed E-state index contributed by atoms with van der Waals surface area (Å²) in [4.78, 5) is 17.0. The quantitative estimate of drug-likeness (QED) is 0.371. The van der Waals surface area contributed by atoms with Gasteiger partial charge in [-0.1, -0.05) is 47.5 Å². The molecular formula is C26H23ClN2O3. The lowest BCUT2D eigenvalue weighted by Crippen LogP contribution is -2.22. The van der Waals surface area contributed by atoms with E-state index in [4.69, 9.17) is 20.8 Å². The molecule has 3 aromatic carbocycles. The van der Waals surface area contributed by atoms with Crippen molar-refractivity contribution in [2.45, 2.75) is 27.0 Å². The van der Waals surface area contributed by atoms with Crippen LogP contribution in [0.4, 0.5) is 0 Å². The Balaban J connectivity index is 1.39. The molecule has 1 N–H and O–H groups in total. The minimum atomic E-state index is -0.174. The summed E-state index contributed by atoms with van der Waals surface area (Å²) in [5, 5.41) is 3.51. The van der Waals surface area contributed by atoms with Gasteiger partial charge in [-0.3, -0.25) is 4.79 Å². The monoisotopic (exact) mass is 446 g/mol.